The second-order valence-corrected chi connectivity index (χ2v) is 4.50. The third-order valence-electron chi connectivity index (χ3n) is 2.99. The van der Waals surface area contributed by atoms with E-state index in [-0.39, 0.29) is 37.3 Å². The van der Waals surface area contributed by atoms with E-state index in [1.54, 1.807) is 0 Å². The van der Waals surface area contributed by atoms with Gasteiger partial charge in [0.2, 0.25) is 11.8 Å². The number of nitrogens with zero attached hydrogens (tertiary/aromatic N) is 2. The number of aromatic nitrogens is 2. The molecule has 2 aliphatic rings. The highest BCUT2D eigenvalue weighted by atomic mass is 35.5. The minimum Gasteiger partial charge on any atom is -0.408 e. The zero-order valence-electron chi connectivity index (χ0n) is 9.56. The Kier molecular flexibility index (Phi) is 3.82. The van der Waals surface area contributed by atoms with Crippen molar-refractivity contribution in [2.75, 3.05) is 11.9 Å². The number of alkyl halides is 1. The van der Waals surface area contributed by atoms with Crippen LogP contribution in [0.2, 0.25) is 0 Å². The summed E-state index contributed by atoms with van der Waals surface area (Å²) >= 11 is 0. The molecule has 2 atom stereocenters. The van der Waals surface area contributed by atoms with Crippen molar-refractivity contribution in [3.05, 3.63) is 5.89 Å². The van der Waals surface area contributed by atoms with Gasteiger partial charge in [0.15, 0.2) is 0 Å². The molecule has 1 aromatic rings. The van der Waals surface area contributed by atoms with Crippen LogP contribution in [0.15, 0.2) is 4.42 Å². The number of amides is 1. The van der Waals surface area contributed by atoms with Gasteiger partial charge in [-0.1, -0.05) is 5.10 Å². The highest BCUT2D eigenvalue weighted by molar-refractivity contribution is 5.93. The van der Waals surface area contributed by atoms with Crippen LogP contribution >= 0.6 is 12.4 Å². The second-order valence-electron chi connectivity index (χ2n) is 4.50. The molecule has 18 heavy (non-hydrogen) atoms. The van der Waals surface area contributed by atoms with Gasteiger partial charge in [-0.3, -0.25) is 10.1 Å². The first-order valence-corrected chi connectivity index (χ1v) is 5.74. The van der Waals surface area contributed by atoms with Gasteiger partial charge in [0.25, 0.3) is 0 Å². The van der Waals surface area contributed by atoms with Gasteiger partial charge in [-0.25, -0.2) is 4.39 Å². The molecule has 2 heterocycles. The summed E-state index contributed by atoms with van der Waals surface area (Å²) in [5, 5.41) is 12.9. The minimum atomic E-state index is -0.963. The van der Waals surface area contributed by atoms with E-state index in [0.29, 0.717) is 11.8 Å². The Hall–Kier alpha value is -1.21. The number of halogens is 2. The van der Waals surface area contributed by atoms with E-state index in [2.05, 4.69) is 20.8 Å². The summed E-state index contributed by atoms with van der Waals surface area (Å²) in [4.78, 5) is 11.7. The Labute approximate surface area is 109 Å². The average molecular weight is 277 g/mol. The number of anilines is 1. The number of carbonyl (C=O) groups is 1. The molecule has 1 aromatic heterocycles. The lowest BCUT2D eigenvalue weighted by molar-refractivity contribution is -0.118. The largest absolute Gasteiger partial charge is 0.408 e. The van der Waals surface area contributed by atoms with Gasteiger partial charge >= 0.3 is 6.01 Å². The zero-order valence-corrected chi connectivity index (χ0v) is 10.4. The first-order chi connectivity index (χ1) is 8.22. The maximum atomic E-state index is 12.9. The summed E-state index contributed by atoms with van der Waals surface area (Å²) in [6.07, 6.45) is 1.35. The maximum Gasteiger partial charge on any atom is 0.322 e. The summed E-state index contributed by atoms with van der Waals surface area (Å²) in [6.45, 7) is 0.218. The molecule has 0 spiro atoms. The van der Waals surface area contributed by atoms with E-state index < -0.39 is 12.2 Å². The molecule has 2 N–H and O–H groups in total. The van der Waals surface area contributed by atoms with Crippen LogP contribution in [0.3, 0.4) is 0 Å². The van der Waals surface area contributed by atoms with Crippen molar-refractivity contribution in [2.45, 2.75) is 37.4 Å². The predicted octanol–water partition coefficient (Wildman–Crippen LogP) is 1.01. The van der Waals surface area contributed by atoms with Crippen LogP contribution in [0.25, 0.3) is 0 Å². The molecule has 1 aliphatic carbocycles. The smallest absolute Gasteiger partial charge is 0.322 e. The molecule has 2 fully saturated rings. The molecule has 0 aromatic carbocycles. The quantitative estimate of drug-likeness (QED) is 0.861. The summed E-state index contributed by atoms with van der Waals surface area (Å²) in [5.74, 6) is 0.604. The Bertz CT molecular complexity index is 437. The predicted molar refractivity (Wildman–Crippen MR) is 63.5 cm³/mol. The lowest BCUT2D eigenvalue weighted by atomic mass is 10.2. The summed E-state index contributed by atoms with van der Waals surface area (Å²) in [5.41, 5.74) is 0. The maximum absolute atomic E-state index is 12.9. The molecule has 1 saturated carbocycles. The van der Waals surface area contributed by atoms with Crippen LogP contribution in [0.4, 0.5) is 10.4 Å². The highest BCUT2D eigenvalue weighted by Crippen LogP contribution is 2.39. The van der Waals surface area contributed by atoms with Crippen LogP contribution in [-0.4, -0.2) is 34.9 Å². The molecule has 1 amide bonds. The summed E-state index contributed by atoms with van der Waals surface area (Å²) < 4.78 is 18.2. The van der Waals surface area contributed by atoms with Gasteiger partial charge in [-0.15, -0.1) is 17.5 Å². The lowest BCUT2D eigenvalue weighted by Gasteiger charge is -2.07. The monoisotopic (exact) mass is 276 g/mol. The van der Waals surface area contributed by atoms with E-state index in [1.165, 1.54) is 0 Å². The van der Waals surface area contributed by atoms with Crippen molar-refractivity contribution in [1.82, 2.24) is 15.5 Å². The van der Waals surface area contributed by atoms with Crippen molar-refractivity contribution in [2.24, 2.45) is 0 Å². The molecular formula is C10H14ClFN4O2. The molecule has 0 radical (unpaired) electrons. The molecule has 6 nitrogen and oxygen atoms in total. The van der Waals surface area contributed by atoms with E-state index in [9.17, 15) is 9.18 Å². The van der Waals surface area contributed by atoms with E-state index in [0.717, 1.165) is 12.8 Å². The van der Waals surface area contributed by atoms with Crippen molar-refractivity contribution in [3.8, 4) is 0 Å². The normalized spacial score (nSPS) is 26.7. The molecule has 0 bridgehead atoms. The number of hydrogen-bond acceptors (Lipinski definition) is 5. The zero-order chi connectivity index (χ0) is 11.8. The van der Waals surface area contributed by atoms with Gasteiger partial charge in [-0.2, -0.15) is 0 Å². The first kappa shape index (κ1) is 13.2. The molecule has 3 rings (SSSR count). The van der Waals surface area contributed by atoms with Gasteiger partial charge in [0, 0.05) is 18.9 Å². The lowest BCUT2D eigenvalue weighted by Crippen LogP contribution is -2.35. The number of carbonyl (C=O) groups excluding carboxylic acids is 1. The number of nitrogens with one attached hydrogen (secondary N) is 2. The molecular weight excluding hydrogens is 263 g/mol. The first-order valence-electron chi connectivity index (χ1n) is 5.74. The van der Waals surface area contributed by atoms with E-state index >= 15 is 0 Å². The fraction of sp³-hybridized carbons (Fsp3) is 0.700. The summed E-state index contributed by atoms with van der Waals surface area (Å²) in [7, 11) is 0. The Balaban J connectivity index is 0.00000120. The van der Waals surface area contributed by atoms with Crippen molar-refractivity contribution in [3.63, 3.8) is 0 Å². The second kappa shape index (κ2) is 5.19. The Morgan fingerprint density at radius 1 is 1.44 bits per heavy atom. The highest BCUT2D eigenvalue weighted by Gasteiger charge is 2.32. The van der Waals surface area contributed by atoms with Crippen LogP contribution in [0, 0.1) is 0 Å². The van der Waals surface area contributed by atoms with Crippen LogP contribution in [-0.2, 0) is 4.79 Å². The van der Waals surface area contributed by atoms with Gasteiger partial charge < -0.3 is 9.73 Å². The summed E-state index contributed by atoms with van der Waals surface area (Å²) in [6, 6.07) is -0.415. The van der Waals surface area contributed by atoms with Gasteiger partial charge in [0.05, 0.1) is 6.04 Å². The molecule has 0 unspecified atom stereocenters. The van der Waals surface area contributed by atoms with Crippen LogP contribution in [0.5, 0.6) is 0 Å². The fourth-order valence-electron chi connectivity index (χ4n) is 1.87. The number of hydrogen-bond donors (Lipinski definition) is 2. The fourth-order valence-corrected chi connectivity index (χ4v) is 1.87. The van der Waals surface area contributed by atoms with Gasteiger partial charge in [-0.05, 0) is 12.8 Å². The average Bonchev–Trinajstić information content (AvgIpc) is 2.90. The topological polar surface area (TPSA) is 80.1 Å². The van der Waals surface area contributed by atoms with E-state index in [4.69, 9.17) is 4.42 Å². The molecule has 8 heteroatoms. The van der Waals surface area contributed by atoms with Crippen molar-refractivity contribution >= 4 is 24.3 Å². The molecule has 100 valence electrons. The third-order valence-corrected chi connectivity index (χ3v) is 2.99. The standard InChI is InChI=1S/C10H13FN4O2.ClH/c11-6-3-7(12-4-6)8(16)13-10-15-14-9(17-10)5-1-2-5;/h5-7,12H,1-4H2,(H,13,15,16);1H/t6-,7+;/m0./s1. The van der Waals surface area contributed by atoms with Crippen LogP contribution < -0.4 is 10.6 Å². The van der Waals surface area contributed by atoms with E-state index in [1.807, 2.05) is 0 Å². The number of rotatable bonds is 3. The van der Waals surface area contributed by atoms with Crippen molar-refractivity contribution in [1.29, 1.82) is 0 Å². The van der Waals surface area contributed by atoms with Gasteiger partial charge in [0.1, 0.15) is 6.17 Å². The van der Waals surface area contributed by atoms with Crippen LogP contribution in [0.1, 0.15) is 31.1 Å². The van der Waals surface area contributed by atoms with Crippen molar-refractivity contribution < 1.29 is 13.6 Å². The Morgan fingerprint density at radius 2 is 2.22 bits per heavy atom. The minimum absolute atomic E-state index is 0. The molecule has 1 aliphatic heterocycles. The third kappa shape index (κ3) is 2.78. The Morgan fingerprint density at radius 3 is 2.83 bits per heavy atom. The molecule has 1 saturated heterocycles. The SMILES string of the molecule is Cl.O=C(Nc1nnc(C2CC2)o1)[C@H]1C[C@H](F)CN1.